The average Bonchev–Trinajstić information content (AvgIpc) is 3.07. The van der Waals surface area contributed by atoms with E-state index in [1.807, 2.05) is 12.1 Å². The molecular formula is C19H23O4PS. The van der Waals surface area contributed by atoms with Crippen LogP contribution in [0, 0.1) is 0 Å². The Morgan fingerprint density at radius 1 is 0.960 bits per heavy atom. The van der Waals surface area contributed by atoms with Crippen LogP contribution < -0.4 is 10.6 Å². The molecule has 3 rings (SSSR count). The summed E-state index contributed by atoms with van der Waals surface area (Å²) >= 11 is 0. The minimum atomic E-state index is -3.41. The third-order valence-corrected chi connectivity index (χ3v) is 7.37. The summed E-state index contributed by atoms with van der Waals surface area (Å²) in [5.74, 6) is 0. The van der Waals surface area contributed by atoms with Crippen LogP contribution in [0.5, 0.6) is 0 Å². The summed E-state index contributed by atoms with van der Waals surface area (Å²) in [6.07, 6.45) is 3.80. The van der Waals surface area contributed by atoms with Gasteiger partial charge in [0.1, 0.15) is 0 Å². The minimum Gasteiger partial charge on any atom is -0.372 e. The molecule has 2 atom stereocenters. The quantitative estimate of drug-likeness (QED) is 0.549. The van der Waals surface area contributed by atoms with Gasteiger partial charge in [0.15, 0.2) is 0 Å². The molecule has 0 unspecified atom stereocenters. The lowest BCUT2D eigenvalue weighted by molar-refractivity contribution is 0.0299. The van der Waals surface area contributed by atoms with Crippen molar-refractivity contribution in [2.75, 3.05) is 19.0 Å². The predicted molar refractivity (Wildman–Crippen MR) is 103 cm³/mol. The maximum absolute atomic E-state index is 11.1. The first kappa shape index (κ1) is 18.5. The van der Waals surface area contributed by atoms with E-state index in [1.54, 1.807) is 0 Å². The van der Waals surface area contributed by atoms with Gasteiger partial charge < -0.3 is 4.74 Å². The summed E-state index contributed by atoms with van der Waals surface area (Å²) in [6, 6.07) is 21.1. The lowest BCUT2D eigenvalue weighted by atomic mass is 10.2. The number of rotatable bonds is 7. The van der Waals surface area contributed by atoms with Crippen molar-refractivity contribution in [3.8, 4) is 0 Å². The summed E-state index contributed by atoms with van der Waals surface area (Å²) in [4.78, 5) is 0. The molecule has 0 saturated carbocycles. The number of benzene rings is 2. The molecule has 0 bridgehead atoms. The number of hydrogen-bond acceptors (Lipinski definition) is 4. The van der Waals surface area contributed by atoms with Gasteiger partial charge in [0, 0.05) is 6.16 Å². The second-order valence-corrected chi connectivity index (χ2v) is 10.1. The van der Waals surface area contributed by atoms with E-state index in [4.69, 9.17) is 8.92 Å². The van der Waals surface area contributed by atoms with Crippen LogP contribution in [0.4, 0.5) is 0 Å². The van der Waals surface area contributed by atoms with Crippen molar-refractivity contribution in [1.29, 1.82) is 0 Å². The fourth-order valence-corrected chi connectivity index (χ4v) is 5.87. The minimum absolute atomic E-state index is 0.115. The van der Waals surface area contributed by atoms with Gasteiger partial charge in [-0.1, -0.05) is 60.7 Å². The molecule has 0 N–H and O–H groups in total. The maximum Gasteiger partial charge on any atom is 0.264 e. The van der Waals surface area contributed by atoms with Crippen LogP contribution in [0.1, 0.15) is 12.8 Å². The van der Waals surface area contributed by atoms with E-state index in [0.717, 1.165) is 25.3 Å². The summed E-state index contributed by atoms with van der Waals surface area (Å²) < 4.78 is 33.2. The maximum atomic E-state index is 11.1. The Bertz CT molecular complexity index is 725. The van der Waals surface area contributed by atoms with Crippen molar-refractivity contribution in [3.05, 3.63) is 60.7 Å². The average molecular weight is 378 g/mol. The molecular weight excluding hydrogens is 355 g/mol. The van der Waals surface area contributed by atoms with Gasteiger partial charge in [-0.25, -0.2) is 0 Å². The van der Waals surface area contributed by atoms with E-state index >= 15 is 0 Å². The molecule has 2 aromatic rings. The monoisotopic (exact) mass is 378 g/mol. The zero-order valence-corrected chi connectivity index (χ0v) is 16.0. The molecule has 25 heavy (non-hydrogen) atoms. The van der Waals surface area contributed by atoms with Crippen molar-refractivity contribution in [2.24, 2.45) is 0 Å². The Morgan fingerprint density at radius 3 is 2.00 bits per heavy atom. The third-order valence-electron chi connectivity index (χ3n) is 4.19. The van der Waals surface area contributed by atoms with Crippen molar-refractivity contribution >= 4 is 28.6 Å². The summed E-state index contributed by atoms with van der Waals surface area (Å²) in [7, 11) is -3.91. The molecule has 1 aliphatic rings. The molecule has 1 saturated heterocycles. The SMILES string of the molecule is CS(=O)(=O)OC[C@H]1CC[C@H](CP(c2ccccc2)c2ccccc2)O1. The molecule has 0 aliphatic carbocycles. The summed E-state index contributed by atoms with van der Waals surface area (Å²) in [6.45, 7) is 0.115. The normalized spacial score (nSPS) is 20.9. The van der Waals surface area contributed by atoms with E-state index in [-0.39, 0.29) is 18.8 Å². The molecule has 0 aromatic heterocycles. The first-order valence-electron chi connectivity index (χ1n) is 8.39. The van der Waals surface area contributed by atoms with Crippen LogP contribution in [-0.2, 0) is 19.0 Å². The number of ether oxygens (including phenoxy) is 1. The standard InChI is InChI=1S/C19H23O4PS/c1-25(20,21)22-14-16-12-13-17(23-16)15-24(18-8-4-2-5-9-18)19-10-6-3-7-11-19/h2-11,16-17H,12-15H2,1H3/t16-,17-/m1/s1. The van der Waals surface area contributed by atoms with E-state index in [0.29, 0.717) is 0 Å². The van der Waals surface area contributed by atoms with Gasteiger partial charge in [-0.3, -0.25) is 4.18 Å². The molecule has 1 fully saturated rings. The van der Waals surface area contributed by atoms with Gasteiger partial charge in [-0.15, -0.1) is 0 Å². The van der Waals surface area contributed by atoms with E-state index in [2.05, 4.69) is 48.5 Å². The van der Waals surface area contributed by atoms with Gasteiger partial charge in [0.2, 0.25) is 0 Å². The molecule has 0 amide bonds. The molecule has 1 heterocycles. The highest BCUT2D eigenvalue weighted by atomic mass is 32.2. The first-order chi connectivity index (χ1) is 12.0. The fourth-order valence-electron chi connectivity index (χ4n) is 3.02. The van der Waals surface area contributed by atoms with Crippen LogP contribution >= 0.6 is 7.92 Å². The summed E-state index contributed by atoms with van der Waals surface area (Å²) in [5, 5.41) is 2.67. The highest BCUT2D eigenvalue weighted by molar-refractivity contribution is 7.86. The fraction of sp³-hybridized carbons (Fsp3) is 0.368. The second-order valence-electron chi connectivity index (χ2n) is 6.23. The molecule has 2 aromatic carbocycles. The predicted octanol–water partition coefficient (Wildman–Crippen LogP) is 2.64. The third kappa shape index (κ3) is 5.61. The molecule has 6 heteroatoms. The Labute approximate surface area is 151 Å². The Kier molecular flexibility index (Phi) is 6.24. The largest absolute Gasteiger partial charge is 0.372 e. The smallest absolute Gasteiger partial charge is 0.264 e. The van der Waals surface area contributed by atoms with Gasteiger partial charge in [-0.2, -0.15) is 8.42 Å². The Balaban J connectivity index is 1.68. The second kappa shape index (κ2) is 8.41. The Morgan fingerprint density at radius 2 is 1.48 bits per heavy atom. The van der Waals surface area contributed by atoms with Crippen molar-refractivity contribution in [3.63, 3.8) is 0 Å². The van der Waals surface area contributed by atoms with Gasteiger partial charge in [0.25, 0.3) is 10.1 Å². The van der Waals surface area contributed by atoms with Crippen molar-refractivity contribution < 1.29 is 17.3 Å². The number of hydrogen-bond donors (Lipinski definition) is 0. The van der Waals surface area contributed by atoms with Crippen molar-refractivity contribution in [1.82, 2.24) is 0 Å². The van der Waals surface area contributed by atoms with Gasteiger partial charge in [-0.05, 0) is 31.4 Å². The first-order valence-corrected chi connectivity index (χ1v) is 11.7. The Hall–Kier alpha value is -1.26. The summed E-state index contributed by atoms with van der Waals surface area (Å²) in [5.41, 5.74) is 0. The van der Waals surface area contributed by atoms with Gasteiger partial charge >= 0.3 is 0 Å². The van der Waals surface area contributed by atoms with E-state index in [9.17, 15) is 8.42 Å². The molecule has 4 nitrogen and oxygen atoms in total. The zero-order chi connectivity index (χ0) is 17.7. The van der Waals surface area contributed by atoms with Gasteiger partial charge in [0.05, 0.1) is 25.1 Å². The van der Waals surface area contributed by atoms with Crippen LogP contribution in [0.15, 0.2) is 60.7 Å². The lowest BCUT2D eigenvalue weighted by Gasteiger charge is -2.22. The zero-order valence-electron chi connectivity index (χ0n) is 14.2. The molecule has 0 radical (unpaired) electrons. The lowest BCUT2D eigenvalue weighted by Crippen LogP contribution is -2.24. The molecule has 0 spiro atoms. The molecule has 134 valence electrons. The highest BCUT2D eigenvalue weighted by Crippen LogP contribution is 2.37. The van der Waals surface area contributed by atoms with Crippen LogP contribution in [0.25, 0.3) is 0 Å². The van der Waals surface area contributed by atoms with E-state index in [1.165, 1.54) is 10.6 Å². The van der Waals surface area contributed by atoms with Crippen molar-refractivity contribution in [2.45, 2.75) is 25.0 Å². The van der Waals surface area contributed by atoms with Crippen LogP contribution in [-0.4, -0.2) is 39.7 Å². The molecule has 1 aliphatic heterocycles. The topological polar surface area (TPSA) is 52.6 Å². The highest BCUT2D eigenvalue weighted by Gasteiger charge is 2.29. The van der Waals surface area contributed by atoms with Crippen LogP contribution in [0.3, 0.4) is 0 Å². The van der Waals surface area contributed by atoms with E-state index < -0.39 is 18.0 Å². The van der Waals surface area contributed by atoms with Crippen LogP contribution in [0.2, 0.25) is 0 Å².